The number of benzene rings is 2. The first-order chi connectivity index (χ1) is 16.1. The number of carbonyl (C=O) groups excluding carboxylic acids is 1. The second kappa shape index (κ2) is 7.70. The van der Waals surface area contributed by atoms with Gasteiger partial charge in [0.05, 0.1) is 21.3 Å². The third-order valence-corrected chi connectivity index (χ3v) is 7.12. The summed E-state index contributed by atoms with van der Waals surface area (Å²) in [6.45, 7) is 1.91. The summed E-state index contributed by atoms with van der Waals surface area (Å²) in [6.07, 6.45) is 3.66. The summed E-state index contributed by atoms with van der Waals surface area (Å²) in [5.74, 6) is 0.378. The van der Waals surface area contributed by atoms with Crippen LogP contribution in [0.2, 0.25) is 0 Å². The second-order valence-corrected chi connectivity index (χ2v) is 9.41. The molecule has 6 rings (SSSR count). The number of nitrogens with one attached hydrogen (secondary N) is 3. The third kappa shape index (κ3) is 3.54. The molecule has 1 aliphatic heterocycles. The van der Waals surface area contributed by atoms with Crippen molar-refractivity contribution in [1.29, 1.82) is 0 Å². The first kappa shape index (κ1) is 19.9. The molecule has 9 heteroatoms. The van der Waals surface area contributed by atoms with Gasteiger partial charge in [0.2, 0.25) is 5.96 Å². The van der Waals surface area contributed by atoms with Crippen LogP contribution in [0.4, 0.5) is 11.1 Å². The Kier molecular flexibility index (Phi) is 4.65. The van der Waals surface area contributed by atoms with E-state index >= 15 is 0 Å². The SMILES string of the molecule is CC1=C(C(=O)Nc2nc3ccccc3s2)C2(CCCC2)N=C(Nc2nc3ccccc3o2)N1. The van der Waals surface area contributed by atoms with Gasteiger partial charge in [-0.05, 0) is 44.0 Å². The van der Waals surface area contributed by atoms with E-state index in [2.05, 4.69) is 25.9 Å². The first-order valence-corrected chi connectivity index (χ1v) is 11.8. The maximum Gasteiger partial charge on any atom is 0.302 e. The third-order valence-electron chi connectivity index (χ3n) is 6.16. The van der Waals surface area contributed by atoms with Crippen LogP contribution in [0, 0.1) is 0 Å². The fourth-order valence-corrected chi connectivity index (χ4v) is 5.62. The number of carbonyl (C=O) groups is 1. The van der Waals surface area contributed by atoms with Crippen molar-refractivity contribution in [3.8, 4) is 0 Å². The van der Waals surface area contributed by atoms with Gasteiger partial charge in [-0.2, -0.15) is 4.98 Å². The largest absolute Gasteiger partial charge is 0.423 e. The molecule has 8 nitrogen and oxygen atoms in total. The number of amides is 1. The number of anilines is 2. The summed E-state index contributed by atoms with van der Waals surface area (Å²) in [5, 5.41) is 10.0. The zero-order chi connectivity index (χ0) is 22.4. The van der Waals surface area contributed by atoms with Crippen LogP contribution in [0.3, 0.4) is 0 Å². The van der Waals surface area contributed by atoms with Gasteiger partial charge in [0, 0.05) is 5.70 Å². The Morgan fingerprint density at radius 3 is 2.61 bits per heavy atom. The van der Waals surface area contributed by atoms with Crippen molar-refractivity contribution in [2.75, 3.05) is 10.6 Å². The average molecular weight is 459 g/mol. The van der Waals surface area contributed by atoms with E-state index in [-0.39, 0.29) is 5.91 Å². The molecule has 1 aliphatic carbocycles. The van der Waals surface area contributed by atoms with Gasteiger partial charge in [-0.15, -0.1) is 0 Å². The lowest BCUT2D eigenvalue weighted by Gasteiger charge is -2.33. The van der Waals surface area contributed by atoms with Crippen LogP contribution in [-0.2, 0) is 4.79 Å². The maximum atomic E-state index is 13.4. The second-order valence-electron chi connectivity index (χ2n) is 8.38. The van der Waals surface area contributed by atoms with E-state index in [0.717, 1.165) is 47.1 Å². The number of para-hydroxylation sites is 3. The van der Waals surface area contributed by atoms with E-state index in [1.165, 1.54) is 11.3 Å². The molecule has 1 amide bonds. The van der Waals surface area contributed by atoms with Gasteiger partial charge < -0.3 is 9.73 Å². The molecule has 1 fully saturated rings. The van der Waals surface area contributed by atoms with Crippen LogP contribution in [0.1, 0.15) is 32.6 Å². The van der Waals surface area contributed by atoms with E-state index in [4.69, 9.17) is 9.41 Å². The fourth-order valence-electron chi connectivity index (χ4n) is 4.76. The molecule has 1 spiro atoms. The Morgan fingerprint density at radius 1 is 1.06 bits per heavy atom. The molecule has 166 valence electrons. The number of guanidine groups is 1. The number of allylic oxidation sites excluding steroid dienone is 1. The van der Waals surface area contributed by atoms with Crippen molar-refractivity contribution in [3.05, 3.63) is 59.8 Å². The van der Waals surface area contributed by atoms with Crippen molar-refractivity contribution >= 4 is 55.7 Å². The lowest BCUT2D eigenvalue weighted by molar-refractivity contribution is -0.113. The Balaban J connectivity index is 1.29. The van der Waals surface area contributed by atoms with Crippen LogP contribution in [-0.4, -0.2) is 27.4 Å². The van der Waals surface area contributed by atoms with E-state index in [9.17, 15) is 4.79 Å². The molecule has 0 bridgehead atoms. The predicted molar refractivity (Wildman–Crippen MR) is 130 cm³/mol. The molecule has 0 unspecified atom stereocenters. The highest BCUT2D eigenvalue weighted by Gasteiger charge is 2.44. The van der Waals surface area contributed by atoms with E-state index < -0.39 is 5.54 Å². The summed E-state index contributed by atoms with van der Waals surface area (Å²) in [6, 6.07) is 15.8. The molecule has 0 atom stereocenters. The molecule has 0 radical (unpaired) electrons. The lowest BCUT2D eigenvalue weighted by atomic mass is 9.85. The van der Waals surface area contributed by atoms with Crippen molar-refractivity contribution < 1.29 is 9.21 Å². The van der Waals surface area contributed by atoms with Crippen LogP contribution < -0.4 is 16.0 Å². The number of aromatic nitrogens is 2. The molecular formula is C24H22N6O2S. The molecule has 3 N–H and O–H groups in total. The molecule has 2 aromatic carbocycles. The smallest absolute Gasteiger partial charge is 0.302 e. The van der Waals surface area contributed by atoms with Crippen LogP contribution in [0.5, 0.6) is 0 Å². The normalized spacial score (nSPS) is 17.4. The lowest BCUT2D eigenvalue weighted by Crippen LogP contribution is -2.45. The minimum atomic E-state index is -0.579. The van der Waals surface area contributed by atoms with Gasteiger partial charge in [-0.3, -0.25) is 15.4 Å². The maximum absolute atomic E-state index is 13.4. The van der Waals surface area contributed by atoms with Gasteiger partial charge in [0.15, 0.2) is 10.7 Å². The van der Waals surface area contributed by atoms with Gasteiger partial charge in [0.25, 0.3) is 5.91 Å². The molecule has 0 saturated heterocycles. The van der Waals surface area contributed by atoms with Crippen LogP contribution in [0.15, 0.2) is 69.2 Å². The van der Waals surface area contributed by atoms with E-state index in [1.807, 2.05) is 55.5 Å². The Morgan fingerprint density at radius 2 is 1.82 bits per heavy atom. The summed E-state index contributed by atoms with van der Waals surface area (Å²) < 4.78 is 6.83. The zero-order valence-corrected chi connectivity index (χ0v) is 18.8. The summed E-state index contributed by atoms with van der Waals surface area (Å²) in [7, 11) is 0. The van der Waals surface area contributed by atoms with E-state index in [0.29, 0.717) is 28.3 Å². The highest BCUT2D eigenvalue weighted by molar-refractivity contribution is 7.22. The monoisotopic (exact) mass is 458 g/mol. The molecule has 4 aromatic rings. The summed E-state index contributed by atoms with van der Waals surface area (Å²) in [4.78, 5) is 27.4. The first-order valence-electron chi connectivity index (χ1n) is 11.0. The molecule has 33 heavy (non-hydrogen) atoms. The van der Waals surface area contributed by atoms with Crippen molar-refractivity contribution in [2.45, 2.75) is 38.1 Å². The van der Waals surface area contributed by atoms with Crippen molar-refractivity contribution in [2.24, 2.45) is 4.99 Å². The standard InChI is InChI=1S/C24H22N6O2S/c1-14-19(20(31)28-23-27-16-9-3-5-11-18(16)33-23)24(12-6-7-13-24)30-21(25-14)29-22-26-15-8-2-4-10-17(15)32-22/h2-5,8-11H,6-7,12-13H2,1H3,(H,27,28,31)(H2,25,26,29,30). The number of hydrogen-bond donors (Lipinski definition) is 3. The minimum absolute atomic E-state index is 0.161. The molecule has 1 saturated carbocycles. The highest BCUT2D eigenvalue weighted by Crippen LogP contribution is 2.42. The summed E-state index contributed by atoms with van der Waals surface area (Å²) in [5.41, 5.74) is 3.21. The number of oxazole rings is 1. The number of thiazole rings is 1. The molecule has 2 aliphatic rings. The van der Waals surface area contributed by atoms with Crippen LogP contribution in [0.25, 0.3) is 21.3 Å². The molecule has 3 heterocycles. The average Bonchev–Trinajstić information content (AvgIpc) is 3.51. The van der Waals surface area contributed by atoms with Gasteiger partial charge in [-0.1, -0.05) is 48.4 Å². The Labute approximate surface area is 193 Å². The Bertz CT molecular complexity index is 1380. The number of nitrogens with zero attached hydrogens (tertiary/aromatic N) is 3. The quantitative estimate of drug-likeness (QED) is 0.398. The van der Waals surface area contributed by atoms with Gasteiger partial charge in [0.1, 0.15) is 5.52 Å². The Hall–Kier alpha value is -3.72. The number of aliphatic imine (C=N–C) groups is 1. The summed E-state index contributed by atoms with van der Waals surface area (Å²) >= 11 is 1.47. The van der Waals surface area contributed by atoms with Crippen molar-refractivity contribution in [1.82, 2.24) is 15.3 Å². The predicted octanol–water partition coefficient (Wildman–Crippen LogP) is 5.03. The van der Waals surface area contributed by atoms with Crippen molar-refractivity contribution in [3.63, 3.8) is 0 Å². The highest BCUT2D eigenvalue weighted by atomic mass is 32.1. The minimum Gasteiger partial charge on any atom is -0.423 e. The number of rotatable bonds is 3. The zero-order valence-electron chi connectivity index (χ0n) is 18.0. The van der Waals surface area contributed by atoms with E-state index in [1.54, 1.807) is 0 Å². The van der Waals surface area contributed by atoms with Crippen LogP contribution >= 0.6 is 11.3 Å². The molecular weight excluding hydrogens is 436 g/mol. The molecule has 2 aromatic heterocycles. The topological polar surface area (TPSA) is 104 Å². The number of fused-ring (bicyclic) bond motifs is 2. The van der Waals surface area contributed by atoms with Gasteiger partial charge in [-0.25, -0.2) is 9.98 Å². The number of hydrogen-bond acceptors (Lipinski definition) is 8. The van der Waals surface area contributed by atoms with Gasteiger partial charge >= 0.3 is 6.01 Å². The fraction of sp³-hybridized carbons (Fsp3) is 0.250.